The minimum Gasteiger partial charge on any atom is -0.396 e. The molecule has 0 bridgehead atoms. The Morgan fingerprint density at radius 1 is 1.43 bits per heavy atom. The van der Waals surface area contributed by atoms with Crippen LogP contribution in [0.5, 0.6) is 0 Å². The molecule has 0 aromatic heterocycles. The minimum atomic E-state index is 0.110. The highest BCUT2D eigenvalue weighted by Crippen LogP contribution is 2.31. The Balaban J connectivity index is 2.28. The summed E-state index contributed by atoms with van der Waals surface area (Å²) in [6, 6.07) is 0. The highest BCUT2D eigenvalue weighted by molar-refractivity contribution is 4.81. The summed E-state index contributed by atoms with van der Waals surface area (Å²) < 4.78 is 0. The van der Waals surface area contributed by atoms with Gasteiger partial charge in [0.25, 0.3) is 0 Å². The van der Waals surface area contributed by atoms with Crippen LogP contribution >= 0.6 is 0 Å². The first-order valence-corrected chi connectivity index (χ1v) is 5.89. The van der Waals surface area contributed by atoms with E-state index in [1.165, 1.54) is 19.4 Å². The lowest BCUT2D eigenvalue weighted by atomic mass is 9.86. The lowest BCUT2D eigenvalue weighted by molar-refractivity contribution is 0.0887. The Bertz CT molecular complexity index is 168. The van der Waals surface area contributed by atoms with Gasteiger partial charge in [-0.2, -0.15) is 0 Å². The molecule has 1 aliphatic rings. The largest absolute Gasteiger partial charge is 0.396 e. The van der Waals surface area contributed by atoms with Crippen molar-refractivity contribution >= 4 is 0 Å². The molecule has 1 fully saturated rings. The summed E-state index contributed by atoms with van der Waals surface area (Å²) in [5.74, 6) is 0.949. The van der Waals surface area contributed by atoms with Gasteiger partial charge >= 0.3 is 0 Å². The van der Waals surface area contributed by atoms with Gasteiger partial charge < -0.3 is 10.0 Å². The fourth-order valence-electron chi connectivity index (χ4n) is 2.27. The van der Waals surface area contributed by atoms with Gasteiger partial charge in [0, 0.05) is 25.1 Å². The van der Waals surface area contributed by atoms with Gasteiger partial charge in [0.1, 0.15) is 0 Å². The van der Waals surface area contributed by atoms with Crippen molar-refractivity contribution in [2.75, 3.05) is 26.7 Å². The maximum Gasteiger partial charge on any atom is 0.0497 e. The Kier molecular flexibility index (Phi) is 4.39. The molecule has 0 amide bonds. The van der Waals surface area contributed by atoms with Crippen molar-refractivity contribution in [3.8, 4) is 0 Å². The van der Waals surface area contributed by atoms with E-state index < -0.39 is 0 Å². The molecule has 0 aliphatic heterocycles. The molecule has 84 valence electrons. The van der Waals surface area contributed by atoms with E-state index in [0.717, 1.165) is 25.3 Å². The van der Waals surface area contributed by atoms with E-state index in [9.17, 15) is 5.11 Å². The molecule has 0 aromatic carbocycles. The van der Waals surface area contributed by atoms with Crippen LogP contribution < -0.4 is 0 Å². The summed E-state index contributed by atoms with van der Waals surface area (Å²) in [6.07, 6.45) is 5.11. The van der Waals surface area contributed by atoms with E-state index in [0.29, 0.717) is 6.61 Å². The van der Waals surface area contributed by atoms with Crippen LogP contribution in [0, 0.1) is 11.3 Å². The molecule has 0 radical (unpaired) electrons. The quantitative estimate of drug-likeness (QED) is 0.679. The molecule has 1 aliphatic carbocycles. The number of rotatable bonds is 7. The molecule has 14 heavy (non-hydrogen) atoms. The van der Waals surface area contributed by atoms with Crippen molar-refractivity contribution in [3.63, 3.8) is 0 Å². The number of aliphatic hydroxyl groups is 1. The SMILES string of the molecule is CCCC(C)(CO)CN(C)CC1CC1. The molecule has 1 unspecified atom stereocenters. The standard InChI is InChI=1S/C12H25NO/c1-4-7-12(2,10-14)9-13(3)8-11-5-6-11/h11,14H,4-10H2,1-3H3. The van der Waals surface area contributed by atoms with Crippen molar-refractivity contribution in [2.24, 2.45) is 11.3 Å². The van der Waals surface area contributed by atoms with Crippen molar-refractivity contribution < 1.29 is 5.11 Å². The van der Waals surface area contributed by atoms with E-state index in [1.807, 2.05) is 0 Å². The first-order chi connectivity index (χ1) is 6.59. The highest BCUT2D eigenvalue weighted by atomic mass is 16.3. The maximum atomic E-state index is 9.39. The van der Waals surface area contributed by atoms with E-state index >= 15 is 0 Å². The number of hydrogen-bond donors (Lipinski definition) is 1. The molecule has 1 rings (SSSR count). The summed E-state index contributed by atoms with van der Waals surface area (Å²) in [5.41, 5.74) is 0.110. The molecular weight excluding hydrogens is 174 g/mol. The number of nitrogens with zero attached hydrogens (tertiary/aromatic N) is 1. The second-order valence-electron chi connectivity index (χ2n) is 5.36. The lowest BCUT2D eigenvalue weighted by Crippen LogP contribution is -2.37. The molecule has 0 heterocycles. The third-order valence-corrected chi connectivity index (χ3v) is 3.15. The summed E-state index contributed by atoms with van der Waals surface area (Å²) in [4.78, 5) is 2.39. The topological polar surface area (TPSA) is 23.5 Å². The molecule has 0 spiro atoms. The fourth-order valence-corrected chi connectivity index (χ4v) is 2.27. The summed E-state index contributed by atoms with van der Waals surface area (Å²) in [5, 5.41) is 9.39. The van der Waals surface area contributed by atoms with Gasteiger partial charge in [-0.05, 0) is 32.2 Å². The van der Waals surface area contributed by atoms with Crippen LogP contribution in [0.1, 0.15) is 39.5 Å². The van der Waals surface area contributed by atoms with Crippen LogP contribution in [0.3, 0.4) is 0 Å². The number of aliphatic hydroxyl groups excluding tert-OH is 1. The molecule has 0 aromatic rings. The third-order valence-electron chi connectivity index (χ3n) is 3.15. The van der Waals surface area contributed by atoms with E-state index in [2.05, 4.69) is 25.8 Å². The smallest absolute Gasteiger partial charge is 0.0497 e. The maximum absolute atomic E-state index is 9.39. The molecule has 2 nitrogen and oxygen atoms in total. The Labute approximate surface area is 88.3 Å². The Morgan fingerprint density at radius 3 is 2.50 bits per heavy atom. The summed E-state index contributed by atoms with van der Waals surface area (Å²) in [7, 11) is 2.18. The average Bonchev–Trinajstić information content (AvgIpc) is 2.88. The van der Waals surface area contributed by atoms with Crippen molar-refractivity contribution in [3.05, 3.63) is 0 Å². The molecular formula is C12H25NO. The van der Waals surface area contributed by atoms with Gasteiger partial charge in [0.15, 0.2) is 0 Å². The van der Waals surface area contributed by atoms with E-state index in [1.54, 1.807) is 0 Å². The van der Waals surface area contributed by atoms with Crippen LogP contribution in [0.2, 0.25) is 0 Å². The minimum absolute atomic E-state index is 0.110. The van der Waals surface area contributed by atoms with E-state index in [-0.39, 0.29) is 5.41 Å². The normalized spacial score (nSPS) is 21.2. The van der Waals surface area contributed by atoms with Gasteiger partial charge in [0.2, 0.25) is 0 Å². The molecule has 1 saturated carbocycles. The monoisotopic (exact) mass is 199 g/mol. The van der Waals surface area contributed by atoms with Crippen molar-refractivity contribution in [2.45, 2.75) is 39.5 Å². The van der Waals surface area contributed by atoms with E-state index in [4.69, 9.17) is 0 Å². The van der Waals surface area contributed by atoms with Gasteiger partial charge in [-0.3, -0.25) is 0 Å². The lowest BCUT2D eigenvalue weighted by Gasteiger charge is -2.32. The summed E-state index contributed by atoms with van der Waals surface area (Å²) >= 11 is 0. The molecule has 0 saturated heterocycles. The Morgan fingerprint density at radius 2 is 2.07 bits per heavy atom. The highest BCUT2D eigenvalue weighted by Gasteiger charge is 2.28. The zero-order valence-corrected chi connectivity index (χ0v) is 9.92. The van der Waals surface area contributed by atoms with Crippen LogP contribution in [-0.2, 0) is 0 Å². The van der Waals surface area contributed by atoms with Crippen LogP contribution in [0.4, 0.5) is 0 Å². The van der Waals surface area contributed by atoms with Crippen molar-refractivity contribution in [1.82, 2.24) is 4.90 Å². The number of hydrogen-bond acceptors (Lipinski definition) is 2. The predicted molar refractivity (Wildman–Crippen MR) is 60.3 cm³/mol. The Hall–Kier alpha value is -0.0800. The zero-order chi connectivity index (χ0) is 10.6. The van der Waals surface area contributed by atoms with Gasteiger partial charge in [-0.25, -0.2) is 0 Å². The van der Waals surface area contributed by atoms with Crippen LogP contribution in [0.15, 0.2) is 0 Å². The molecule has 1 N–H and O–H groups in total. The van der Waals surface area contributed by atoms with Gasteiger partial charge in [-0.1, -0.05) is 20.3 Å². The third kappa shape index (κ3) is 3.97. The van der Waals surface area contributed by atoms with Crippen LogP contribution in [-0.4, -0.2) is 36.8 Å². The first kappa shape index (κ1) is 12.0. The second kappa shape index (κ2) is 5.13. The van der Waals surface area contributed by atoms with Crippen molar-refractivity contribution in [1.29, 1.82) is 0 Å². The van der Waals surface area contributed by atoms with Gasteiger partial charge in [0.05, 0.1) is 0 Å². The second-order valence-corrected chi connectivity index (χ2v) is 5.36. The summed E-state index contributed by atoms with van der Waals surface area (Å²) in [6.45, 7) is 6.96. The molecule has 1 atom stereocenters. The van der Waals surface area contributed by atoms with Gasteiger partial charge in [-0.15, -0.1) is 0 Å². The molecule has 2 heteroatoms. The predicted octanol–water partition coefficient (Wildman–Crippen LogP) is 2.13. The average molecular weight is 199 g/mol. The fraction of sp³-hybridized carbons (Fsp3) is 1.00. The zero-order valence-electron chi connectivity index (χ0n) is 9.92. The first-order valence-electron chi connectivity index (χ1n) is 5.89. The van der Waals surface area contributed by atoms with Crippen LogP contribution in [0.25, 0.3) is 0 Å².